The summed E-state index contributed by atoms with van der Waals surface area (Å²) < 4.78 is 1.01. The molecule has 3 heteroatoms. The number of rotatable bonds is 2. The monoisotopic (exact) mass is 304 g/mol. The summed E-state index contributed by atoms with van der Waals surface area (Å²) in [5, 5.41) is 0. The molecule has 0 spiro atoms. The Labute approximate surface area is 117 Å². The second-order valence-corrected chi connectivity index (χ2v) is 5.54. The molecule has 0 saturated carbocycles. The van der Waals surface area contributed by atoms with Crippen LogP contribution in [-0.2, 0) is 0 Å². The van der Waals surface area contributed by atoms with Crippen molar-refractivity contribution in [2.45, 2.75) is 20.8 Å². The van der Waals surface area contributed by atoms with E-state index in [0.29, 0.717) is 0 Å². The average molecular weight is 305 g/mol. The van der Waals surface area contributed by atoms with Gasteiger partial charge in [-0.2, -0.15) is 0 Å². The molecule has 0 unspecified atom stereocenters. The molecule has 94 valence electrons. The highest BCUT2D eigenvalue weighted by Crippen LogP contribution is 2.27. The molecule has 1 aromatic heterocycles. The molecule has 0 saturated heterocycles. The maximum atomic E-state index is 4.49. The van der Waals surface area contributed by atoms with Gasteiger partial charge in [-0.05, 0) is 71.6 Å². The molecule has 18 heavy (non-hydrogen) atoms. The Morgan fingerprint density at radius 3 is 2.33 bits per heavy atom. The van der Waals surface area contributed by atoms with E-state index >= 15 is 0 Å². The number of halogens is 1. The highest BCUT2D eigenvalue weighted by molar-refractivity contribution is 9.10. The van der Waals surface area contributed by atoms with Crippen LogP contribution >= 0.6 is 15.9 Å². The van der Waals surface area contributed by atoms with E-state index < -0.39 is 0 Å². The van der Waals surface area contributed by atoms with Crippen molar-refractivity contribution in [1.82, 2.24) is 4.98 Å². The van der Waals surface area contributed by atoms with E-state index in [1.54, 1.807) is 0 Å². The van der Waals surface area contributed by atoms with E-state index in [-0.39, 0.29) is 0 Å². The van der Waals surface area contributed by atoms with Gasteiger partial charge in [0.1, 0.15) is 5.82 Å². The number of benzene rings is 1. The predicted octanol–water partition coefficient (Wildman–Crippen LogP) is 4.54. The highest BCUT2D eigenvalue weighted by atomic mass is 79.9. The minimum absolute atomic E-state index is 0.987. The second-order valence-electron chi connectivity index (χ2n) is 4.62. The number of hydrogen-bond donors (Lipinski definition) is 0. The molecule has 2 rings (SSSR count). The van der Waals surface area contributed by atoms with Crippen molar-refractivity contribution in [3.8, 4) is 0 Å². The van der Waals surface area contributed by atoms with Crippen LogP contribution in [0.4, 0.5) is 11.5 Å². The number of anilines is 2. The van der Waals surface area contributed by atoms with Gasteiger partial charge in [0.05, 0.1) is 0 Å². The van der Waals surface area contributed by atoms with Gasteiger partial charge in [-0.3, -0.25) is 0 Å². The topological polar surface area (TPSA) is 16.1 Å². The van der Waals surface area contributed by atoms with Crippen molar-refractivity contribution >= 4 is 27.4 Å². The van der Waals surface area contributed by atoms with Gasteiger partial charge in [0.2, 0.25) is 0 Å². The van der Waals surface area contributed by atoms with E-state index in [4.69, 9.17) is 0 Å². The van der Waals surface area contributed by atoms with E-state index in [0.717, 1.165) is 21.5 Å². The first-order chi connectivity index (χ1) is 8.49. The molecule has 0 radical (unpaired) electrons. The van der Waals surface area contributed by atoms with Crippen LogP contribution in [-0.4, -0.2) is 12.0 Å². The maximum Gasteiger partial charge on any atom is 0.135 e. The summed E-state index contributed by atoms with van der Waals surface area (Å²) in [6.07, 6.45) is 1.83. The van der Waals surface area contributed by atoms with E-state index in [9.17, 15) is 0 Å². The molecule has 0 aliphatic carbocycles. The molecule has 1 heterocycles. The van der Waals surface area contributed by atoms with Gasteiger partial charge in [-0.15, -0.1) is 0 Å². The van der Waals surface area contributed by atoms with Gasteiger partial charge in [0, 0.05) is 23.4 Å². The van der Waals surface area contributed by atoms with Gasteiger partial charge in [0.25, 0.3) is 0 Å². The molecule has 0 aliphatic heterocycles. The number of nitrogens with zero attached hydrogens (tertiary/aromatic N) is 2. The third kappa shape index (κ3) is 2.56. The summed E-state index contributed by atoms with van der Waals surface area (Å²) in [5.41, 5.74) is 4.93. The van der Waals surface area contributed by atoms with Crippen molar-refractivity contribution in [3.63, 3.8) is 0 Å². The van der Waals surface area contributed by atoms with Crippen LogP contribution in [0.15, 0.2) is 34.9 Å². The van der Waals surface area contributed by atoms with Crippen LogP contribution in [0, 0.1) is 20.8 Å². The standard InChI is InChI=1S/C15H17BrN2/c1-10-5-6-14(8-11(10)2)18(4)15-12(3)7-13(16)9-17-15/h5-9H,1-4H3. The third-order valence-corrected chi connectivity index (χ3v) is 3.65. The number of aryl methyl sites for hydroxylation is 3. The quantitative estimate of drug-likeness (QED) is 0.810. The first-order valence-corrected chi connectivity index (χ1v) is 6.71. The van der Waals surface area contributed by atoms with Crippen LogP contribution in [0.5, 0.6) is 0 Å². The summed E-state index contributed by atoms with van der Waals surface area (Å²) >= 11 is 3.44. The lowest BCUT2D eigenvalue weighted by Gasteiger charge is -2.21. The van der Waals surface area contributed by atoms with Crippen LogP contribution in [0.3, 0.4) is 0 Å². The first-order valence-electron chi connectivity index (χ1n) is 5.92. The summed E-state index contributed by atoms with van der Waals surface area (Å²) in [6.45, 7) is 6.33. The first kappa shape index (κ1) is 13.1. The van der Waals surface area contributed by atoms with Crippen molar-refractivity contribution in [3.05, 3.63) is 51.6 Å². The van der Waals surface area contributed by atoms with Gasteiger partial charge in [-0.25, -0.2) is 4.98 Å². The smallest absolute Gasteiger partial charge is 0.135 e. The van der Waals surface area contributed by atoms with Gasteiger partial charge in [-0.1, -0.05) is 6.07 Å². The molecule has 0 amide bonds. The molecule has 0 atom stereocenters. The van der Waals surface area contributed by atoms with Crippen molar-refractivity contribution in [2.24, 2.45) is 0 Å². The summed E-state index contributed by atoms with van der Waals surface area (Å²) in [6, 6.07) is 8.55. The van der Waals surface area contributed by atoms with Crippen LogP contribution < -0.4 is 4.90 Å². The molecular formula is C15H17BrN2. The highest BCUT2D eigenvalue weighted by Gasteiger charge is 2.09. The molecule has 2 nitrogen and oxygen atoms in total. The summed E-state index contributed by atoms with van der Waals surface area (Å²) in [7, 11) is 2.05. The summed E-state index contributed by atoms with van der Waals surface area (Å²) in [4.78, 5) is 6.60. The zero-order valence-electron chi connectivity index (χ0n) is 11.2. The van der Waals surface area contributed by atoms with Crippen molar-refractivity contribution in [1.29, 1.82) is 0 Å². The minimum Gasteiger partial charge on any atom is -0.329 e. The Balaban J connectivity index is 2.41. The van der Waals surface area contributed by atoms with Crippen LogP contribution in [0.2, 0.25) is 0 Å². The van der Waals surface area contributed by atoms with E-state index in [2.05, 4.69) is 70.9 Å². The third-order valence-electron chi connectivity index (χ3n) is 3.21. The van der Waals surface area contributed by atoms with Crippen LogP contribution in [0.1, 0.15) is 16.7 Å². The van der Waals surface area contributed by atoms with Crippen LogP contribution in [0.25, 0.3) is 0 Å². The molecule has 2 aromatic rings. The lowest BCUT2D eigenvalue weighted by Crippen LogP contribution is -2.12. The van der Waals surface area contributed by atoms with Gasteiger partial charge < -0.3 is 4.90 Å². The Hall–Kier alpha value is -1.35. The largest absolute Gasteiger partial charge is 0.329 e. The zero-order chi connectivity index (χ0) is 13.3. The molecule has 0 aliphatic rings. The Morgan fingerprint density at radius 2 is 1.72 bits per heavy atom. The minimum atomic E-state index is 0.987. The van der Waals surface area contributed by atoms with Gasteiger partial charge >= 0.3 is 0 Å². The zero-order valence-corrected chi connectivity index (χ0v) is 12.7. The average Bonchev–Trinajstić information content (AvgIpc) is 2.32. The summed E-state index contributed by atoms with van der Waals surface area (Å²) in [5.74, 6) is 0.987. The fraction of sp³-hybridized carbons (Fsp3) is 0.267. The Bertz CT molecular complexity index is 579. The number of hydrogen-bond acceptors (Lipinski definition) is 2. The van der Waals surface area contributed by atoms with E-state index in [1.165, 1.54) is 11.1 Å². The van der Waals surface area contributed by atoms with Gasteiger partial charge in [0.15, 0.2) is 0 Å². The Morgan fingerprint density at radius 1 is 1.00 bits per heavy atom. The SMILES string of the molecule is Cc1ccc(N(C)c2ncc(Br)cc2C)cc1C. The normalized spacial score (nSPS) is 10.5. The van der Waals surface area contributed by atoms with Crippen molar-refractivity contribution < 1.29 is 0 Å². The molecule has 0 bridgehead atoms. The molecule has 0 N–H and O–H groups in total. The lowest BCUT2D eigenvalue weighted by molar-refractivity contribution is 1.09. The molecule has 1 aromatic carbocycles. The predicted molar refractivity (Wildman–Crippen MR) is 80.7 cm³/mol. The van der Waals surface area contributed by atoms with E-state index in [1.807, 2.05) is 13.2 Å². The lowest BCUT2D eigenvalue weighted by atomic mass is 10.1. The molecular weight excluding hydrogens is 288 g/mol. The fourth-order valence-corrected chi connectivity index (χ4v) is 2.39. The number of pyridine rings is 1. The maximum absolute atomic E-state index is 4.49. The molecule has 0 fully saturated rings. The fourth-order valence-electron chi connectivity index (χ4n) is 1.94. The Kier molecular flexibility index (Phi) is 3.71. The van der Waals surface area contributed by atoms with Crippen molar-refractivity contribution in [2.75, 3.05) is 11.9 Å². The second kappa shape index (κ2) is 5.11. The number of aromatic nitrogens is 1.